The molecule has 110 valence electrons. The van der Waals surface area contributed by atoms with E-state index < -0.39 is 0 Å². The van der Waals surface area contributed by atoms with Crippen LogP contribution in [-0.4, -0.2) is 10.9 Å². The van der Waals surface area contributed by atoms with Crippen molar-refractivity contribution in [3.8, 4) is 0 Å². The second kappa shape index (κ2) is 4.95. The first kappa shape index (κ1) is 14.3. The fraction of sp³-hybridized carbons (Fsp3) is 0.412. The lowest BCUT2D eigenvalue weighted by atomic mass is 9.85. The molecule has 1 amide bonds. The van der Waals surface area contributed by atoms with E-state index in [0.717, 1.165) is 18.4 Å². The lowest BCUT2D eigenvalue weighted by Crippen LogP contribution is -2.27. The molecule has 1 aliphatic carbocycles. The van der Waals surface area contributed by atoms with Gasteiger partial charge >= 0.3 is 0 Å². The van der Waals surface area contributed by atoms with E-state index >= 15 is 0 Å². The van der Waals surface area contributed by atoms with Gasteiger partial charge in [-0.15, -0.1) is 11.3 Å². The van der Waals surface area contributed by atoms with Crippen LogP contribution >= 0.6 is 11.3 Å². The lowest BCUT2D eigenvalue weighted by Gasteiger charge is -2.21. The number of nitrogens with one attached hydrogen (secondary N) is 1. The molecule has 3 nitrogen and oxygen atoms in total. The van der Waals surface area contributed by atoms with Crippen molar-refractivity contribution in [2.24, 2.45) is 0 Å². The minimum Gasteiger partial charge on any atom is -0.301 e. The molecule has 1 saturated carbocycles. The van der Waals surface area contributed by atoms with Crippen LogP contribution in [0, 0.1) is 0 Å². The number of aromatic nitrogens is 1. The van der Waals surface area contributed by atoms with Crippen molar-refractivity contribution in [2.45, 2.75) is 44.4 Å². The molecule has 4 heteroatoms. The summed E-state index contributed by atoms with van der Waals surface area (Å²) in [6.07, 6.45) is 3.54. The highest BCUT2D eigenvalue weighted by Crippen LogP contribution is 2.49. The molecule has 3 rings (SSSR count). The SMILES string of the molecule is CC(C)(C)c1ccc(C2(C(=O)Nc3nccs3)CC2)cc1. The van der Waals surface area contributed by atoms with Gasteiger partial charge in [-0.3, -0.25) is 4.79 Å². The van der Waals surface area contributed by atoms with Crippen LogP contribution in [0.2, 0.25) is 0 Å². The van der Waals surface area contributed by atoms with Gasteiger partial charge < -0.3 is 5.32 Å². The second-order valence-corrected chi connectivity index (χ2v) is 7.60. The third kappa shape index (κ3) is 2.72. The number of rotatable bonds is 3. The van der Waals surface area contributed by atoms with Crippen molar-refractivity contribution >= 4 is 22.4 Å². The maximum atomic E-state index is 12.5. The van der Waals surface area contributed by atoms with Gasteiger partial charge in [0.05, 0.1) is 5.41 Å². The zero-order valence-electron chi connectivity index (χ0n) is 12.6. The fourth-order valence-electron chi connectivity index (χ4n) is 2.56. The fourth-order valence-corrected chi connectivity index (χ4v) is 3.09. The van der Waals surface area contributed by atoms with E-state index in [1.54, 1.807) is 6.20 Å². The van der Waals surface area contributed by atoms with Crippen molar-refractivity contribution in [1.29, 1.82) is 0 Å². The van der Waals surface area contributed by atoms with Crippen molar-refractivity contribution < 1.29 is 4.79 Å². The second-order valence-electron chi connectivity index (χ2n) is 6.70. The van der Waals surface area contributed by atoms with E-state index in [4.69, 9.17) is 0 Å². The summed E-state index contributed by atoms with van der Waals surface area (Å²) in [4.78, 5) is 16.7. The molecule has 1 fully saturated rings. The number of carbonyl (C=O) groups is 1. The number of hydrogen-bond donors (Lipinski definition) is 1. The summed E-state index contributed by atoms with van der Waals surface area (Å²) in [5.74, 6) is 0.0703. The Morgan fingerprint density at radius 2 is 1.90 bits per heavy atom. The standard InChI is InChI=1S/C17H20N2OS/c1-16(2,3)12-4-6-13(7-5-12)17(8-9-17)14(20)19-15-18-10-11-21-15/h4-7,10-11H,8-9H2,1-3H3,(H,18,19,20). The van der Waals surface area contributed by atoms with E-state index in [9.17, 15) is 4.79 Å². The smallest absolute Gasteiger partial charge is 0.236 e. The van der Waals surface area contributed by atoms with Gasteiger partial charge in [0.25, 0.3) is 0 Å². The average molecular weight is 300 g/mol. The number of anilines is 1. The van der Waals surface area contributed by atoms with Gasteiger partial charge in [-0.05, 0) is 29.4 Å². The molecule has 21 heavy (non-hydrogen) atoms. The highest BCUT2D eigenvalue weighted by Gasteiger charge is 2.51. The van der Waals surface area contributed by atoms with Crippen molar-refractivity contribution in [1.82, 2.24) is 4.98 Å². The maximum absolute atomic E-state index is 12.5. The minimum absolute atomic E-state index is 0.0703. The Bertz CT molecular complexity index is 634. The number of carbonyl (C=O) groups excluding carboxylic acids is 1. The van der Waals surface area contributed by atoms with E-state index in [0.29, 0.717) is 5.13 Å². The number of hydrogen-bond acceptors (Lipinski definition) is 3. The van der Waals surface area contributed by atoms with Gasteiger partial charge in [0.2, 0.25) is 5.91 Å². The van der Waals surface area contributed by atoms with Crippen molar-refractivity contribution in [3.63, 3.8) is 0 Å². The molecule has 1 N–H and O–H groups in total. The molecule has 0 radical (unpaired) electrons. The molecular formula is C17H20N2OS. The van der Waals surface area contributed by atoms with Crippen LogP contribution in [0.4, 0.5) is 5.13 Å². The quantitative estimate of drug-likeness (QED) is 0.927. The van der Waals surface area contributed by atoms with E-state index in [1.165, 1.54) is 16.9 Å². The van der Waals surface area contributed by atoms with Gasteiger partial charge in [0, 0.05) is 11.6 Å². The Morgan fingerprint density at radius 1 is 1.24 bits per heavy atom. The van der Waals surface area contributed by atoms with E-state index in [1.807, 2.05) is 5.38 Å². The van der Waals surface area contributed by atoms with Crippen molar-refractivity contribution in [2.75, 3.05) is 5.32 Å². The van der Waals surface area contributed by atoms with Crippen LogP contribution in [-0.2, 0) is 15.6 Å². The predicted molar refractivity (Wildman–Crippen MR) is 86.8 cm³/mol. The largest absolute Gasteiger partial charge is 0.301 e. The van der Waals surface area contributed by atoms with Gasteiger partial charge in [-0.2, -0.15) is 0 Å². The first-order valence-corrected chi connectivity index (χ1v) is 8.12. The van der Waals surface area contributed by atoms with Crippen LogP contribution < -0.4 is 5.32 Å². The van der Waals surface area contributed by atoms with E-state index in [2.05, 4.69) is 55.3 Å². The third-order valence-electron chi connectivity index (χ3n) is 4.14. The molecular weight excluding hydrogens is 280 g/mol. The highest BCUT2D eigenvalue weighted by atomic mass is 32.1. The van der Waals surface area contributed by atoms with Crippen molar-refractivity contribution in [3.05, 3.63) is 47.0 Å². The van der Waals surface area contributed by atoms with Gasteiger partial charge in [0.1, 0.15) is 0 Å². The molecule has 1 aromatic heterocycles. The Kier molecular flexibility index (Phi) is 3.36. The topological polar surface area (TPSA) is 42.0 Å². The molecule has 0 unspecified atom stereocenters. The van der Waals surface area contributed by atoms with Crippen LogP contribution in [0.1, 0.15) is 44.7 Å². The number of nitrogens with zero attached hydrogens (tertiary/aromatic N) is 1. The molecule has 1 aliphatic rings. The Morgan fingerprint density at radius 3 is 2.38 bits per heavy atom. The Balaban J connectivity index is 1.81. The summed E-state index contributed by atoms with van der Waals surface area (Å²) in [6.45, 7) is 6.60. The Hall–Kier alpha value is -1.68. The average Bonchev–Trinajstić information content (AvgIpc) is 3.11. The molecule has 2 aromatic rings. The van der Waals surface area contributed by atoms with E-state index in [-0.39, 0.29) is 16.7 Å². The summed E-state index contributed by atoms with van der Waals surface area (Å²) in [6, 6.07) is 8.50. The highest BCUT2D eigenvalue weighted by molar-refractivity contribution is 7.13. The molecule has 0 bridgehead atoms. The Labute approximate surface area is 129 Å². The summed E-state index contributed by atoms with van der Waals surface area (Å²) >= 11 is 1.45. The van der Waals surface area contributed by atoms with Gasteiger partial charge in [-0.25, -0.2) is 4.98 Å². The predicted octanol–water partition coefficient (Wildman–Crippen LogP) is 4.11. The van der Waals surface area contributed by atoms with Crippen LogP contribution in [0.25, 0.3) is 0 Å². The van der Waals surface area contributed by atoms with Crippen LogP contribution in [0.15, 0.2) is 35.8 Å². The summed E-state index contributed by atoms with van der Waals surface area (Å²) in [5.41, 5.74) is 2.20. The third-order valence-corrected chi connectivity index (χ3v) is 4.83. The maximum Gasteiger partial charge on any atom is 0.236 e. The molecule has 0 atom stereocenters. The molecule has 1 heterocycles. The molecule has 0 saturated heterocycles. The number of benzene rings is 1. The molecule has 1 aromatic carbocycles. The van der Waals surface area contributed by atoms with Crippen LogP contribution in [0.5, 0.6) is 0 Å². The molecule has 0 spiro atoms. The first-order valence-electron chi connectivity index (χ1n) is 7.24. The summed E-state index contributed by atoms with van der Waals surface area (Å²) in [7, 11) is 0. The zero-order valence-corrected chi connectivity index (χ0v) is 13.5. The number of amides is 1. The first-order chi connectivity index (χ1) is 9.92. The normalized spacial score (nSPS) is 16.5. The van der Waals surface area contributed by atoms with Gasteiger partial charge in [0.15, 0.2) is 5.13 Å². The lowest BCUT2D eigenvalue weighted by molar-refractivity contribution is -0.118. The number of thiazole rings is 1. The summed E-state index contributed by atoms with van der Waals surface area (Å²) < 4.78 is 0. The molecule has 0 aliphatic heterocycles. The van der Waals surface area contributed by atoms with Gasteiger partial charge in [-0.1, -0.05) is 45.0 Å². The van der Waals surface area contributed by atoms with Crippen LogP contribution in [0.3, 0.4) is 0 Å². The monoisotopic (exact) mass is 300 g/mol. The zero-order chi connectivity index (χ0) is 15.1. The summed E-state index contributed by atoms with van der Waals surface area (Å²) in [5, 5.41) is 5.48. The minimum atomic E-state index is -0.345.